The van der Waals surface area contributed by atoms with Crippen molar-refractivity contribution in [2.75, 3.05) is 0 Å². The largest absolute Gasteiger partial charge is 0.507 e. The minimum absolute atomic E-state index is 0.00303. The molecule has 0 spiro atoms. The second-order valence-corrected chi connectivity index (χ2v) is 10.8. The van der Waals surface area contributed by atoms with Crippen LogP contribution in [0.5, 0.6) is 11.5 Å². The molecule has 1 aromatic heterocycles. The van der Waals surface area contributed by atoms with E-state index in [2.05, 4.69) is 0 Å². The van der Waals surface area contributed by atoms with Gasteiger partial charge in [0.25, 0.3) is 5.56 Å². The quantitative estimate of drug-likeness (QED) is 0.240. The van der Waals surface area contributed by atoms with E-state index in [0.717, 1.165) is 4.57 Å². The Morgan fingerprint density at radius 3 is 2.42 bits per heavy atom. The first-order chi connectivity index (χ1) is 20.5. The molecule has 2 heterocycles. The zero-order valence-corrected chi connectivity index (χ0v) is 23.1. The Morgan fingerprint density at radius 1 is 1.02 bits per heavy atom. The molecule has 0 saturated carbocycles. The van der Waals surface area contributed by atoms with Gasteiger partial charge in [0, 0.05) is 17.4 Å². The molecule has 43 heavy (non-hydrogen) atoms. The van der Waals surface area contributed by atoms with Crippen molar-refractivity contribution < 1.29 is 44.3 Å². The first kappa shape index (κ1) is 28.3. The van der Waals surface area contributed by atoms with Crippen LogP contribution >= 0.6 is 0 Å². The van der Waals surface area contributed by atoms with Crippen LogP contribution < -0.4 is 10.3 Å². The molecule has 4 atom stereocenters. The molecule has 6 rings (SSSR count). The van der Waals surface area contributed by atoms with Crippen molar-refractivity contribution in [1.29, 1.82) is 0 Å². The molecule has 1 fully saturated rings. The first-order valence-electron chi connectivity index (χ1n) is 13.6. The molecular weight excluding hydrogens is 558 g/mol. The fourth-order valence-electron chi connectivity index (χ4n) is 5.79. The molecule has 220 valence electrons. The summed E-state index contributed by atoms with van der Waals surface area (Å²) < 4.78 is 12.8. The normalized spacial score (nSPS) is 21.4. The van der Waals surface area contributed by atoms with E-state index in [9.17, 15) is 39.6 Å². The topological polar surface area (TPSA) is 173 Å². The number of fused-ring (bicyclic) bond motifs is 4. The minimum Gasteiger partial charge on any atom is -0.507 e. The molecule has 4 aromatic rings. The number of phenols is 1. The Balaban J connectivity index is 1.54. The molecule has 11 heteroatoms. The average Bonchev–Trinajstić information content (AvgIpc) is 2.96. The summed E-state index contributed by atoms with van der Waals surface area (Å²) in [4.78, 5) is 53.8. The second kappa shape index (κ2) is 10.5. The van der Waals surface area contributed by atoms with Crippen LogP contribution in [0.3, 0.4) is 0 Å². The lowest BCUT2D eigenvalue weighted by Crippen LogP contribution is -2.48. The molecule has 4 unspecified atom stereocenters. The van der Waals surface area contributed by atoms with Crippen LogP contribution in [0.25, 0.3) is 10.8 Å². The summed E-state index contributed by atoms with van der Waals surface area (Å²) in [5.74, 6) is -2.77. The van der Waals surface area contributed by atoms with E-state index in [0.29, 0.717) is 11.1 Å². The third-order valence-corrected chi connectivity index (χ3v) is 7.91. The summed E-state index contributed by atoms with van der Waals surface area (Å²) in [6.45, 7) is 3.08. The lowest BCUT2D eigenvalue weighted by molar-refractivity contribution is -0.216. The maximum Gasteiger partial charge on any atom is 0.335 e. The van der Waals surface area contributed by atoms with Crippen LogP contribution in [0.2, 0.25) is 0 Å². The van der Waals surface area contributed by atoms with E-state index in [1.165, 1.54) is 54.6 Å². The van der Waals surface area contributed by atoms with Crippen molar-refractivity contribution in [2.24, 2.45) is 0 Å². The molecule has 1 saturated heterocycles. The molecule has 11 nitrogen and oxygen atoms in total. The zero-order valence-electron chi connectivity index (χ0n) is 23.1. The van der Waals surface area contributed by atoms with Crippen LogP contribution in [0.15, 0.2) is 59.4 Å². The van der Waals surface area contributed by atoms with Gasteiger partial charge < -0.3 is 29.9 Å². The standard InChI is InChI=1S/C32H27NO10/c1-14-10-19-24(20(34)11-14)26-27(33(31(19)39)13-16-6-8-17(9-7-16)32(40)41)30(38)25-18(29(26)37)4-3-5-22(25)43-23-12-21(35)28(36)15(2)42-23/h3-11,15,21,23,28,34-36H,12-13H2,1-2H3,(H,40,41). The van der Waals surface area contributed by atoms with Crippen LogP contribution in [0, 0.1) is 6.92 Å². The highest BCUT2D eigenvalue weighted by Gasteiger charge is 2.40. The van der Waals surface area contributed by atoms with Crippen molar-refractivity contribution in [2.45, 2.75) is 51.4 Å². The molecule has 0 radical (unpaired) electrons. The number of ether oxygens (including phenoxy) is 2. The van der Waals surface area contributed by atoms with Gasteiger partial charge in [-0.1, -0.05) is 24.3 Å². The fourth-order valence-corrected chi connectivity index (χ4v) is 5.79. The number of hydrogen-bond acceptors (Lipinski definition) is 9. The molecule has 2 aliphatic rings. The minimum atomic E-state index is -1.14. The first-order valence-corrected chi connectivity index (χ1v) is 13.6. The number of rotatable bonds is 5. The number of hydrogen-bond donors (Lipinski definition) is 4. The van der Waals surface area contributed by atoms with E-state index in [1.54, 1.807) is 13.8 Å². The van der Waals surface area contributed by atoms with Gasteiger partial charge in [-0.2, -0.15) is 0 Å². The van der Waals surface area contributed by atoms with Crippen LogP contribution in [-0.2, 0) is 11.3 Å². The predicted molar refractivity (Wildman–Crippen MR) is 152 cm³/mol. The molecule has 1 aliphatic carbocycles. The van der Waals surface area contributed by atoms with Crippen molar-refractivity contribution in [3.05, 3.63) is 104 Å². The highest BCUT2D eigenvalue weighted by Crippen LogP contribution is 2.39. The number of carbonyl (C=O) groups excluding carboxylic acids is 2. The van der Waals surface area contributed by atoms with E-state index in [1.807, 2.05) is 0 Å². The Hall–Kier alpha value is -4.84. The number of pyridine rings is 1. The van der Waals surface area contributed by atoms with Gasteiger partial charge in [-0.25, -0.2) is 4.79 Å². The SMILES string of the molecule is Cc1cc(O)c2c3c(n(Cc4ccc(C(=O)O)cc4)c(=O)c2c1)C(=O)c1c(OC2CC(O)C(O)C(C)O2)cccc1C3=O. The lowest BCUT2D eigenvalue weighted by atomic mass is 9.83. The number of aryl methyl sites for hydroxylation is 1. The van der Waals surface area contributed by atoms with Crippen LogP contribution in [-0.4, -0.2) is 67.1 Å². The van der Waals surface area contributed by atoms with Gasteiger partial charge in [-0.15, -0.1) is 0 Å². The van der Waals surface area contributed by atoms with Gasteiger partial charge in [-0.05, 0) is 55.3 Å². The smallest absolute Gasteiger partial charge is 0.335 e. The Bertz CT molecular complexity index is 1880. The maximum atomic E-state index is 14.3. The Kier molecular flexibility index (Phi) is 6.88. The summed E-state index contributed by atoms with van der Waals surface area (Å²) >= 11 is 0. The van der Waals surface area contributed by atoms with Crippen molar-refractivity contribution in [1.82, 2.24) is 4.57 Å². The number of aromatic nitrogens is 1. The van der Waals surface area contributed by atoms with Crippen LogP contribution in [0.4, 0.5) is 0 Å². The molecule has 3 aromatic carbocycles. The van der Waals surface area contributed by atoms with Crippen molar-refractivity contribution in [3.8, 4) is 11.5 Å². The third kappa shape index (κ3) is 4.67. The van der Waals surface area contributed by atoms with E-state index in [-0.39, 0.29) is 63.2 Å². The number of benzene rings is 3. The van der Waals surface area contributed by atoms with Gasteiger partial charge in [0.2, 0.25) is 12.1 Å². The highest BCUT2D eigenvalue weighted by molar-refractivity contribution is 6.32. The second-order valence-electron chi connectivity index (χ2n) is 10.8. The van der Waals surface area contributed by atoms with E-state index < -0.39 is 47.7 Å². The van der Waals surface area contributed by atoms with E-state index >= 15 is 0 Å². The molecule has 1 aliphatic heterocycles. The van der Waals surface area contributed by atoms with Gasteiger partial charge in [0.05, 0.1) is 40.8 Å². The molecular formula is C32H27NO10. The number of aromatic hydroxyl groups is 1. The van der Waals surface area contributed by atoms with Gasteiger partial charge >= 0.3 is 5.97 Å². The number of carboxylic acid groups (broad SMARTS) is 1. The maximum absolute atomic E-state index is 14.3. The van der Waals surface area contributed by atoms with E-state index in [4.69, 9.17) is 9.47 Å². The van der Waals surface area contributed by atoms with Gasteiger partial charge in [-0.3, -0.25) is 19.0 Å². The number of nitrogens with zero attached hydrogens (tertiary/aromatic N) is 1. The number of phenolic OH excluding ortho intramolecular Hbond substituents is 1. The number of aromatic carboxylic acids is 1. The summed E-state index contributed by atoms with van der Waals surface area (Å²) in [5, 5.41) is 40.5. The number of aliphatic hydroxyl groups excluding tert-OH is 2. The zero-order chi connectivity index (χ0) is 30.7. The number of aliphatic hydroxyl groups is 2. The lowest BCUT2D eigenvalue weighted by Gasteiger charge is -2.35. The number of carboxylic acids is 1. The molecule has 4 N–H and O–H groups in total. The van der Waals surface area contributed by atoms with Gasteiger partial charge in [0.15, 0.2) is 5.78 Å². The van der Waals surface area contributed by atoms with Crippen LogP contribution in [0.1, 0.15) is 66.8 Å². The number of carbonyl (C=O) groups is 3. The van der Waals surface area contributed by atoms with Crippen molar-refractivity contribution >= 4 is 28.3 Å². The summed E-state index contributed by atoms with van der Waals surface area (Å²) in [5.41, 5.74) is -0.0206. The average molecular weight is 586 g/mol. The Labute approximate surface area is 244 Å². The van der Waals surface area contributed by atoms with Gasteiger partial charge in [0.1, 0.15) is 23.3 Å². The predicted octanol–water partition coefficient (Wildman–Crippen LogP) is 2.77. The fraction of sp³-hybridized carbons (Fsp3) is 0.250. The Morgan fingerprint density at radius 2 is 1.74 bits per heavy atom. The van der Waals surface area contributed by atoms with Crippen molar-refractivity contribution in [3.63, 3.8) is 0 Å². The molecule has 0 bridgehead atoms. The highest BCUT2D eigenvalue weighted by atomic mass is 16.7. The monoisotopic (exact) mass is 585 g/mol. The summed E-state index contributed by atoms with van der Waals surface area (Å²) in [6.07, 6.45) is -4.15. The summed E-state index contributed by atoms with van der Waals surface area (Å²) in [6, 6.07) is 13.2. The third-order valence-electron chi connectivity index (χ3n) is 7.91. The molecule has 0 amide bonds. The number of ketones is 2. The summed E-state index contributed by atoms with van der Waals surface area (Å²) in [7, 11) is 0.